The van der Waals surface area contributed by atoms with E-state index in [0.29, 0.717) is 0 Å². The van der Waals surface area contributed by atoms with Crippen molar-refractivity contribution >= 4 is 11.9 Å². The third-order valence-corrected chi connectivity index (χ3v) is 5.25. The zero-order valence-corrected chi connectivity index (χ0v) is 13.5. The monoisotopic (exact) mass is 313 g/mol. The fraction of sp³-hybridized carbons (Fsp3) is 0.474. The van der Waals surface area contributed by atoms with Gasteiger partial charge in [-0.1, -0.05) is 48.9 Å². The Hall–Kier alpha value is -2.10. The van der Waals surface area contributed by atoms with Crippen LogP contribution in [0.3, 0.4) is 0 Å². The van der Waals surface area contributed by atoms with E-state index in [0.717, 1.165) is 18.4 Å². The highest BCUT2D eigenvalue weighted by molar-refractivity contribution is 5.87. The van der Waals surface area contributed by atoms with E-state index in [1.165, 1.54) is 5.56 Å². The van der Waals surface area contributed by atoms with Crippen molar-refractivity contribution in [1.82, 2.24) is 5.32 Å². The number of aryl methyl sites for hydroxylation is 1. The van der Waals surface area contributed by atoms with E-state index in [-0.39, 0.29) is 23.8 Å². The second kappa shape index (κ2) is 6.19. The molecule has 0 unspecified atom stereocenters. The third kappa shape index (κ3) is 2.90. The van der Waals surface area contributed by atoms with Crippen molar-refractivity contribution in [2.24, 2.45) is 23.7 Å². The number of carboxylic acid groups (broad SMARTS) is 1. The number of fused-ring (bicyclic) bond motifs is 2. The molecule has 23 heavy (non-hydrogen) atoms. The number of carbonyl (C=O) groups is 2. The second-order valence-electron chi connectivity index (χ2n) is 6.72. The predicted octanol–water partition coefficient (Wildman–Crippen LogP) is 3.09. The fourth-order valence-corrected chi connectivity index (χ4v) is 4.00. The van der Waals surface area contributed by atoms with Gasteiger partial charge < -0.3 is 10.4 Å². The lowest BCUT2D eigenvalue weighted by Gasteiger charge is -2.26. The molecule has 0 saturated heterocycles. The minimum atomic E-state index is -0.856. The molecule has 122 valence electrons. The Morgan fingerprint density at radius 3 is 2.35 bits per heavy atom. The fourth-order valence-electron chi connectivity index (χ4n) is 4.00. The Balaban J connectivity index is 1.76. The maximum absolute atomic E-state index is 12.8. The molecule has 1 fully saturated rings. The van der Waals surface area contributed by atoms with Crippen LogP contribution in [0.5, 0.6) is 0 Å². The van der Waals surface area contributed by atoms with Gasteiger partial charge in [0.25, 0.3) is 0 Å². The smallest absolute Gasteiger partial charge is 0.307 e. The quantitative estimate of drug-likeness (QED) is 0.821. The minimum absolute atomic E-state index is 0.00713. The maximum atomic E-state index is 12.8. The first-order valence-corrected chi connectivity index (χ1v) is 8.29. The number of carbonyl (C=O) groups excluding carboxylic acids is 1. The van der Waals surface area contributed by atoms with E-state index < -0.39 is 17.8 Å². The molecule has 5 atom stereocenters. The molecule has 1 aromatic carbocycles. The molecule has 2 N–H and O–H groups in total. The van der Waals surface area contributed by atoms with E-state index in [1.54, 1.807) is 0 Å². The van der Waals surface area contributed by atoms with Gasteiger partial charge in [-0.3, -0.25) is 9.59 Å². The van der Waals surface area contributed by atoms with Crippen molar-refractivity contribution in [2.45, 2.75) is 32.7 Å². The molecule has 0 spiro atoms. The SMILES string of the molecule is CC[C@@H](NC(=O)[C@H]1[C@@H](C(=O)O)[C@H]2C=C[C@@H]1C2)c1ccc(C)cc1. The molecule has 0 heterocycles. The molecule has 4 heteroatoms. The average Bonchev–Trinajstić information content (AvgIpc) is 3.14. The number of rotatable bonds is 5. The van der Waals surface area contributed by atoms with Crippen LogP contribution in [-0.4, -0.2) is 17.0 Å². The molecule has 3 rings (SSSR count). The molecular formula is C19H23NO3. The maximum Gasteiger partial charge on any atom is 0.307 e. The standard InChI is InChI=1S/C19H23NO3/c1-3-15(12-6-4-11(2)5-7-12)20-18(21)16-13-8-9-14(10-13)17(16)19(22)23/h4-9,13-17H,3,10H2,1-2H3,(H,20,21)(H,22,23)/t13-,14+,15-,16-,17+/m1/s1. The molecule has 0 radical (unpaired) electrons. The number of hydrogen-bond acceptors (Lipinski definition) is 2. The summed E-state index contributed by atoms with van der Waals surface area (Å²) in [5, 5.41) is 12.6. The molecule has 2 bridgehead atoms. The van der Waals surface area contributed by atoms with Crippen LogP contribution in [0.4, 0.5) is 0 Å². The molecule has 0 aromatic heterocycles. The molecule has 1 saturated carbocycles. The van der Waals surface area contributed by atoms with Crippen LogP contribution < -0.4 is 5.32 Å². The Bertz CT molecular complexity index is 635. The van der Waals surface area contributed by atoms with Gasteiger partial charge in [0.2, 0.25) is 5.91 Å². The summed E-state index contributed by atoms with van der Waals surface area (Å²) in [6.07, 6.45) is 5.55. The number of allylic oxidation sites excluding steroid dienone is 2. The average molecular weight is 313 g/mol. The summed E-state index contributed by atoms with van der Waals surface area (Å²) in [4.78, 5) is 24.3. The van der Waals surface area contributed by atoms with Crippen LogP contribution in [-0.2, 0) is 9.59 Å². The van der Waals surface area contributed by atoms with Crippen molar-refractivity contribution in [3.8, 4) is 0 Å². The first-order valence-electron chi connectivity index (χ1n) is 8.29. The highest BCUT2D eigenvalue weighted by Crippen LogP contribution is 2.48. The zero-order chi connectivity index (χ0) is 16.6. The Morgan fingerprint density at radius 2 is 1.78 bits per heavy atom. The Morgan fingerprint density at radius 1 is 1.17 bits per heavy atom. The van der Waals surface area contributed by atoms with Crippen molar-refractivity contribution in [1.29, 1.82) is 0 Å². The first kappa shape index (κ1) is 15.8. The second-order valence-corrected chi connectivity index (χ2v) is 6.72. The lowest BCUT2D eigenvalue weighted by molar-refractivity contribution is -0.148. The predicted molar refractivity (Wildman–Crippen MR) is 87.7 cm³/mol. The topological polar surface area (TPSA) is 66.4 Å². The lowest BCUT2D eigenvalue weighted by Crippen LogP contribution is -2.41. The largest absolute Gasteiger partial charge is 0.481 e. The Labute approximate surface area is 136 Å². The van der Waals surface area contributed by atoms with E-state index in [1.807, 2.05) is 50.3 Å². The number of benzene rings is 1. The van der Waals surface area contributed by atoms with Crippen LogP contribution in [0.15, 0.2) is 36.4 Å². The number of nitrogens with one attached hydrogen (secondary N) is 1. The molecule has 2 aliphatic carbocycles. The summed E-state index contributed by atoms with van der Waals surface area (Å²) in [6.45, 7) is 4.06. The summed E-state index contributed by atoms with van der Waals surface area (Å²) in [5.74, 6) is -1.93. The van der Waals surface area contributed by atoms with Gasteiger partial charge in [-0.05, 0) is 37.2 Å². The summed E-state index contributed by atoms with van der Waals surface area (Å²) >= 11 is 0. The normalized spacial score (nSPS) is 29.5. The van der Waals surface area contributed by atoms with Gasteiger partial charge in [-0.15, -0.1) is 0 Å². The van der Waals surface area contributed by atoms with Crippen molar-refractivity contribution in [3.63, 3.8) is 0 Å². The summed E-state index contributed by atoms with van der Waals surface area (Å²) in [6, 6.07) is 8.05. The van der Waals surface area contributed by atoms with Gasteiger partial charge in [0.1, 0.15) is 0 Å². The number of carboxylic acids is 1. The molecule has 0 aliphatic heterocycles. The van der Waals surface area contributed by atoms with Crippen molar-refractivity contribution < 1.29 is 14.7 Å². The Kier molecular flexibility index (Phi) is 4.24. The van der Waals surface area contributed by atoms with E-state index in [2.05, 4.69) is 5.32 Å². The molecule has 1 amide bonds. The summed E-state index contributed by atoms with van der Waals surface area (Å²) in [5.41, 5.74) is 2.25. The van der Waals surface area contributed by atoms with E-state index in [9.17, 15) is 14.7 Å². The molecule has 2 aliphatic rings. The highest BCUT2D eigenvalue weighted by Gasteiger charge is 2.51. The van der Waals surface area contributed by atoms with Gasteiger partial charge in [0.05, 0.1) is 17.9 Å². The van der Waals surface area contributed by atoms with Crippen LogP contribution >= 0.6 is 0 Å². The van der Waals surface area contributed by atoms with Crippen LogP contribution in [0, 0.1) is 30.6 Å². The number of aliphatic carboxylic acids is 1. The minimum Gasteiger partial charge on any atom is -0.481 e. The summed E-state index contributed by atoms with van der Waals surface area (Å²) < 4.78 is 0. The summed E-state index contributed by atoms with van der Waals surface area (Å²) in [7, 11) is 0. The molecule has 1 aromatic rings. The first-order chi connectivity index (χ1) is 11.0. The van der Waals surface area contributed by atoms with Crippen LogP contribution in [0.25, 0.3) is 0 Å². The van der Waals surface area contributed by atoms with Crippen molar-refractivity contribution in [2.75, 3.05) is 0 Å². The van der Waals surface area contributed by atoms with Gasteiger partial charge in [-0.2, -0.15) is 0 Å². The van der Waals surface area contributed by atoms with Gasteiger partial charge in [0, 0.05) is 0 Å². The van der Waals surface area contributed by atoms with E-state index in [4.69, 9.17) is 0 Å². The number of hydrogen-bond donors (Lipinski definition) is 2. The third-order valence-electron chi connectivity index (χ3n) is 5.25. The molecular weight excluding hydrogens is 290 g/mol. The van der Waals surface area contributed by atoms with Gasteiger partial charge in [-0.25, -0.2) is 0 Å². The molecule has 4 nitrogen and oxygen atoms in total. The van der Waals surface area contributed by atoms with Crippen LogP contribution in [0.2, 0.25) is 0 Å². The van der Waals surface area contributed by atoms with Gasteiger partial charge in [0.15, 0.2) is 0 Å². The van der Waals surface area contributed by atoms with Crippen molar-refractivity contribution in [3.05, 3.63) is 47.5 Å². The highest BCUT2D eigenvalue weighted by atomic mass is 16.4. The van der Waals surface area contributed by atoms with Gasteiger partial charge >= 0.3 is 5.97 Å². The van der Waals surface area contributed by atoms with E-state index >= 15 is 0 Å². The number of amides is 1. The van der Waals surface area contributed by atoms with Crippen LogP contribution in [0.1, 0.15) is 36.9 Å². The zero-order valence-electron chi connectivity index (χ0n) is 13.5. The lowest BCUT2D eigenvalue weighted by atomic mass is 9.82.